The van der Waals surface area contributed by atoms with E-state index in [1.165, 1.54) is 0 Å². The number of hydrogen-bond acceptors (Lipinski definition) is 6. The van der Waals surface area contributed by atoms with Crippen LogP contribution < -0.4 is 5.32 Å². The van der Waals surface area contributed by atoms with Crippen LogP contribution in [0.1, 0.15) is 16.2 Å². The van der Waals surface area contributed by atoms with Crippen molar-refractivity contribution in [1.82, 2.24) is 20.4 Å². The Kier molecular flexibility index (Phi) is 4.03. The fourth-order valence-electron chi connectivity index (χ4n) is 2.61. The van der Waals surface area contributed by atoms with Gasteiger partial charge in [-0.1, -0.05) is 29.4 Å². The standard InChI is InChI=1S/C19H14N4O3/c24-16-10-14-4-2-1-3-13(14)9-15(16)19(25)21-11-17-22-18(23-26-17)12-5-7-20-8-6-12/h1-10,24H,11H2,(H,21,25). The molecular weight excluding hydrogens is 332 g/mol. The van der Waals surface area contributed by atoms with Crippen molar-refractivity contribution in [2.45, 2.75) is 6.54 Å². The molecule has 1 amide bonds. The first-order valence-electron chi connectivity index (χ1n) is 7.93. The molecule has 7 nitrogen and oxygen atoms in total. The van der Waals surface area contributed by atoms with Gasteiger partial charge in [-0.2, -0.15) is 4.98 Å². The van der Waals surface area contributed by atoms with Crippen molar-refractivity contribution in [3.63, 3.8) is 0 Å². The maximum Gasteiger partial charge on any atom is 0.255 e. The molecule has 2 N–H and O–H groups in total. The molecule has 0 atom stereocenters. The minimum absolute atomic E-state index is 0.0587. The van der Waals surface area contributed by atoms with Gasteiger partial charge >= 0.3 is 0 Å². The average molecular weight is 346 g/mol. The van der Waals surface area contributed by atoms with Crippen LogP contribution in [0, 0.1) is 0 Å². The van der Waals surface area contributed by atoms with E-state index in [0.717, 1.165) is 16.3 Å². The normalized spacial score (nSPS) is 10.8. The number of carbonyl (C=O) groups excluding carboxylic acids is 1. The summed E-state index contributed by atoms with van der Waals surface area (Å²) in [5, 5.41) is 18.4. The van der Waals surface area contributed by atoms with E-state index in [0.29, 0.717) is 5.82 Å². The van der Waals surface area contributed by atoms with E-state index in [9.17, 15) is 9.90 Å². The number of aromatic nitrogens is 3. The van der Waals surface area contributed by atoms with Crippen molar-refractivity contribution in [2.75, 3.05) is 0 Å². The fourth-order valence-corrected chi connectivity index (χ4v) is 2.61. The van der Waals surface area contributed by atoms with Crippen LogP contribution in [0.5, 0.6) is 5.75 Å². The van der Waals surface area contributed by atoms with Gasteiger partial charge in [0.15, 0.2) is 0 Å². The lowest BCUT2D eigenvalue weighted by Crippen LogP contribution is -2.23. The number of phenols is 1. The summed E-state index contributed by atoms with van der Waals surface area (Å²) < 4.78 is 5.15. The molecule has 128 valence electrons. The third kappa shape index (κ3) is 3.10. The zero-order valence-electron chi connectivity index (χ0n) is 13.6. The predicted octanol–water partition coefficient (Wildman–Crippen LogP) is 2.92. The average Bonchev–Trinajstić information content (AvgIpc) is 3.15. The first-order chi connectivity index (χ1) is 12.7. The molecule has 2 aromatic heterocycles. The molecule has 2 heterocycles. The highest BCUT2D eigenvalue weighted by molar-refractivity contribution is 6.01. The lowest BCUT2D eigenvalue weighted by molar-refractivity contribution is 0.0944. The molecule has 0 saturated carbocycles. The van der Waals surface area contributed by atoms with Crippen LogP contribution in [0.2, 0.25) is 0 Å². The number of pyridine rings is 1. The second-order valence-corrected chi connectivity index (χ2v) is 5.65. The van der Waals surface area contributed by atoms with Crippen molar-refractivity contribution in [1.29, 1.82) is 0 Å². The van der Waals surface area contributed by atoms with Crippen LogP contribution >= 0.6 is 0 Å². The van der Waals surface area contributed by atoms with E-state index < -0.39 is 5.91 Å². The van der Waals surface area contributed by atoms with Gasteiger partial charge in [0.1, 0.15) is 5.75 Å². The first kappa shape index (κ1) is 15.8. The van der Waals surface area contributed by atoms with E-state index >= 15 is 0 Å². The lowest BCUT2D eigenvalue weighted by Gasteiger charge is -2.07. The quantitative estimate of drug-likeness (QED) is 0.589. The maximum absolute atomic E-state index is 12.4. The number of rotatable bonds is 4. The number of hydrogen-bond donors (Lipinski definition) is 2. The van der Waals surface area contributed by atoms with Crippen molar-refractivity contribution in [3.8, 4) is 17.1 Å². The van der Waals surface area contributed by atoms with Gasteiger partial charge in [-0.3, -0.25) is 9.78 Å². The molecule has 0 aliphatic heterocycles. The molecule has 26 heavy (non-hydrogen) atoms. The van der Waals surface area contributed by atoms with Gasteiger partial charge in [0, 0.05) is 18.0 Å². The van der Waals surface area contributed by atoms with Crippen molar-refractivity contribution >= 4 is 16.7 Å². The van der Waals surface area contributed by atoms with Gasteiger partial charge in [0.25, 0.3) is 5.91 Å². The molecule has 0 aliphatic rings. The van der Waals surface area contributed by atoms with Crippen LogP contribution in [0.3, 0.4) is 0 Å². The smallest absolute Gasteiger partial charge is 0.255 e. The van der Waals surface area contributed by atoms with E-state index in [4.69, 9.17) is 4.52 Å². The van der Waals surface area contributed by atoms with Crippen molar-refractivity contribution < 1.29 is 14.4 Å². The minimum atomic E-state index is -0.420. The number of fused-ring (bicyclic) bond motifs is 1. The summed E-state index contributed by atoms with van der Waals surface area (Å²) in [6.45, 7) is 0.0587. The molecule has 2 aromatic carbocycles. The Morgan fingerprint density at radius 2 is 1.81 bits per heavy atom. The molecule has 0 saturated heterocycles. The number of benzene rings is 2. The van der Waals surface area contributed by atoms with Gasteiger partial charge in [-0.25, -0.2) is 0 Å². The number of amides is 1. The van der Waals surface area contributed by atoms with Crippen LogP contribution in [-0.2, 0) is 6.54 Å². The summed E-state index contributed by atoms with van der Waals surface area (Å²) in [6, 6.07) is 14.2. The Morgan fingerprint density at radius 1 is 1.08 bits per heavy atom. The van der Waals surface area contributed by atoms with Crippen molar-refractivity contribution in [3.05, 3.63) is 72.4 Å². The summed E-state index contributed by atoms with van der Waals surface area (Å²) in [4.78, 5) is 20.6. The van der Waals surface area contributed by atoms with E-state index in [1.54, 1.807) is 36.7 Å². The Morgan fingerprint density at radius 3 is 2.58 bits per heavy atom. The molecule has 0 fully saturated rings. The van der Waals surface area contributed by atoms with Crippen LogP contribution in [0.25, 0.3) is 22.2 Å². The Labute approximate surface area is 148 Å². The molecule has 4 aromatic rings. The van der Waals surface area contributed by atoms with Gasteiger partial charge in [0.05, 0.1) is 12.1 Å². The molecule has 7 heteroatoms. The summed E-state index contributed by atoms with van der Waals surface area (Å²) >= 11 is 0. The first-order valence-corrected chi connectivity index (χ1v) is 7.93. The highest BCUT2D eigenvalue weighted by Gasteiger charge is 2.14. The van der Waals surface area contributed by atoms with Crippen molar-refractivity contribution in [2.24, 2.45) is 0 Å². The number of nitrogens with zero attached hydrogens (tertiary/aromatic N) is 3. The Balaban J connectivity index is 1.49. The third-order valence-corrected chi connectivity index (χ3v) is 3.92. The second-order valence-electron chi connectivity index (χ2n) is 5.65. The summed E-state index contributed by atoms with van der Waals surface area (Å²) in [5.41, 5.74) is 0.964. The Hall–Kier alpha value is -3.74. The van der Waals surface area contributed by atoms with E-state index in [1.807, 2.05) is 24.3 Å². The van der Waals surface area contributed by atoms with Crippen LogP contribution in [0.15, 0.2) is 65.4 Å². The van der Waals surface area contributed by atoms with Gasteiger partial charge < -0.3 is 14.9 Å². The van der Waals surface area contributed by atoms with Crippen LogP contribution in [0.4, 0.5) is 0 Å². The zero-order valence-corrected chi connectivity index (χ0v) is 13.6. The number of carbonyl (C=O) groups is 1. The van der Waals surface area contributed by atoms with Gasteiger partial charge in [0.2, 0.25) is 11.7 Å². The van der Waals surface area contributed by atoms with Gasteiger partial charge in [-0.05, 0) is 35.0 Å². The maximum atomic E-state index is 12.4. The number of aromatic hydroxyl groups is 1. The summed E-state index contributed by atoms with van der Waals surface area (Å²) in [7, 11) is 0. The topological polar surface area (TPSA) is 101 Å². The zero-order chi connectivity index (χ0) is 17.9. The summed E-state index contributed by atoms with van der Waals surface area (Å²) in [5.74, 6) is 0.191. The summed E-state index contributed by atoms with van der Waals surface area (Å²) in [6.07, 6.45) is 3.27. The molecular formula is C19H14N4O3. The highest BCUT2D eigenvalue weighted by atomic mass is 16.5. The molecule has 0 spiro atoms. The van der Waals surface area contributed by atoms with Crippen LogP contribution in [-0.4, -0.2) is 26.1 Å². The highest BCUT2D eigenvalue weighted by Crippen LogP contribution is 2.25. The van der Waals surface area contributed by atoms with E-state index in [-0.39, 0.29) is 23.7 Å². The Bertz CT molecular complexity index is 1080. The fraction of sp³-hybridized carbons (Fsp3) is 0.0526. The number of phenolic OH excluding ortho intramolecular Hbond substituents is 1. The third-order valence-electron chi connectivity index (χ3n) is 3.92. The predicted molar refractivity (Wildman–Crippen MR) is 94.3 cm³/mol. The number of nitrogens with one attached hydrogen (secondary N) is 1. The molecule has 0 unspecified atom stereocenters. The molecule has 0 bridgehead atoms. The SMILES string of the molecule is O=C(NCc1nc(-c2ccncc2)no1)c1cc2ccccc2cc1O. The van der Waals surface area contributed by atoms with Gasteiger partial charge in [-0.15, -0.1) is 0 Å². The molecule has 4 rings (SSSR count). The lowest BCUT2D eigenvalue weighted by atomic mass is 10.1. The second kappa shape index (κ2) is 6.64. The monoisotopic (exact) mass is 346 g/mol. The minimum Gasteiger partial charge on any atom is -0.507 e. The molecule has 0 aliphatic carbocycles. The van der Waals surface area contributed by atoms with E-state index in [2.05, 4.69) is 20.4 Å². The molecule has 0 radical (unpaired) electrons. The largest absolute Gasteiger partial charge is 0.507 e.